The Bertz CT molecular complexity index is 1410. The summed E-state index contributed by atoms with van der Waals surface area (Å²) >= 11 is 0. The van der Waals surface area contributed by atoms with Gasteiger partial charge in [-0.15, -0.1) is 0 Å². The third kappa shape index (κ3) is 7.65. The number of furan rings is 1. The summed E-state index contributed by atoms with van der Waals surface area (Å²) in [7, 11) is 0. The van der Waals surface area contributed by atoms with E-state index >= 15 is 0 Å². The van der Waals surface area contributed by atoms with Gasteiger partial charge in [0.15, 0.2) is 5.76 Å². The van der Waals surface area contributed by atoms with Gasteiger partial charge in [-0.2, -0.15) is 0 Å². The molecule has 43 heavy (non-hydrogen) atoms. The van der Waals surface area contributed by atoms with Crippen molar-refractivity contribution in [1.82, 2.24) is 19.3 Å². The predicted molar refractivity (Wildman–Crippen MR) is 170 cm³/mol. The zero-order valence-electron chi connectivity index (χ0n) is 25.7. The second-order valence-corrected chi connectivity index (χ2v) is 11.9. The number of aromatic nitrogens is 1. The lowest BCUT2D eigenvalue weighted by atomic mass is 9.96. The zero-order valence-corrected chi connectivity index (χ0v) is 25.7. The minimum absolute atomic E-state index is 0.0667. The molecule has 0 aliphatic carbocycles. The van der Waals surface area contributed by atoms with Crippen LogP contribution in [0.3, 0.4) is 0 Å². The largest absolute Gasteiger partial charge is 0.454 e. The number of carbonyl (C=O) groups is 2. The van der Waals surface area contributed by atoms with Gasteiger partial charge < -0.3 is 18.8 Å². The first kappa shape index (κ1) is 30.4. The fourth-order valence-electron chi connectivity index (χ4n) is 5.95. The van der Waals surface area contributed by atoms with E-state index < -0.39 is 0 Å². The quantitative estimate of drug-likeness (QED) is 0.193. The maximum Gasteiger partial charge on any atom is 0.289 e. The van der Waals surface area contributed by atoms with Gasteiger partial charge in [0.2, 0.25) is 5.91 Å². The normalized spacial score (nSPS) is 14.0. The van der Waals surface area contributed by atoms with Crippen molar-refractivity contribution in [3.8, 4) is 0 Å². The third-order valence-electron chi connectivity index (χ3n) is 8.10. The highest BCUT2D eigenvalue weighted by Gasteiger charge is 2.29. The first-order valence-electron chi connectivity index (χ1n) is 15.6. The monoisotopic (exact) mass is 580 g/mol. The number of amides is 2. The fraction of sp³-hybridized carbons (Fsp3) is 0.389. The lowest BCUT2D eigenvalue weighted by molar-refractivity contribution is -0.132. The Hall–Kier alpha value is -4.10. The van der Waals surface area contributed by atoms with E-state index in [2.05, 4.69) is 84.8 Å². The van der Waals surface area contributed by atoms with Crippen LogP contribution in [0.2, 0.25) is 0 Å². The number of piperazine rings is 1. The molecule has 4 aromatic rings. The average molecular weight is 581 g/mol. The van der Waals surface area contributed by atoms with Crippen LogP contribution >= 0.6 is 0 Å². The van der Waals surface area contributed by atoms with Gasteiger partial charge in [-0.3, -0.25) is 14.5 Å². The molecule has 3 heterocycles. The molecule has 0 unspecified atom stereocenters. The van der Waals surface area contributed by atoms with Crippen LogP contribution in [-0.4, -0.2) is 63.8 Å². The Morgan fingerprint density at radius 3 is 2.09 bits per heavy atom. The van der Waals surface area contributed by atoms with E-state index in [0.29, 0.717) is 44.3 Å². The van der Waals surface area contributed by atoms with Crippen LogP contribution in [0.15, 0.2) is 95.5 Å². The highest BCUT2D eigenvalue weighted by Crippen LogP contribution is 2.30. The standard InChI is InChI=1S/C36H44N4O3/c1-4-19-40(34(41)25-28(2)3)26-31-16-11-20-39(31)27-32-17-18-33(43-32)36(42)38-23-21-37(22-24-38)35(29-12-7-5-8-13-29)30-14-9-6-10-15-30/h5-18,20,28,35H,4,19,21-27H2,1-3H3. The van der Waals surface area contributed by atoms with E-state index in [4.69, 9.17) is 4.42 Å². The van der Waals surface area contributed by atoms with Crippen molar-refractivity contribution < 1.29 is 14.0 Å². The van der Waals surface area contributed by atoms with Crippen molar-refractivity contribution in [3.63, 3.8) is 0 Å². The molecule has 1 aliphatic rings. The SMILES string of the molecule is CCCN(Cc1cccn1Cc1ccc(C(=O)N2CCN(C(c3ccccc3)c3ccccc3)CC2)o1)C(=O)CC(C)C. The zero-order chi connectivity index (χ0) is 30.2. The first-order valence-corrected chi connectivity index (χ1v) is 15.6. The summed E-state index contributed by atoms with van der Waals surface area (Å²) < 4.78 is 8.19. The molecule has 2 amide bonds. The summed E-state index contributed by atoms with van der Waals surface area (Å²) in [5.74, 6) is 1.55. The smallest absolute Gasteiger partial charge is 0.289 e. The van der Waals surface area contributed by atoms with Crippen LogP contribution in [0.5, 0.6) is 0 Å². The van der Waals surface area contributed by atoms with E-state index in [1.165, 1.54) is 11.1 Å². The maximum atomic E-state index is 13.4. The van der Waals surface area contributed by atoms with Crippen molar-refractivity contribution in [2.24, 2.45) is 5.92 Å². The van der Waals surface area contributed by atoms with E-state index in [0.717, 1.165) is 37.5 Å². The molecule has 0 saturated carbocycles. The van der Waals surface area contributed by atoms with Crippen LogP contribution in [0.1, 0.15) is 72.8 Å². The Morgan fingerprint density at radius 1 is 0.837 bits per heavy atom. The van der Waals surface area contributed by atoms with Crippen LogP contribution in [0.4, 0.5) is 0 Å². The summed E-state index contributed by atoms with van der Waals surface area (Å²) in [5.41, 5.74) is 3.57. The third-order valence-corrected chi connectivity index (χ3v) is 8.10. The summed E-state index contributed by atoms with van der Waals surface area (Å²) in [5, 5.41) is 0. The van der Waals surface area contributed by atoms with Crippen LogP contribution in [-0.2, 0) is 17.9 Å². The van der Waals surface area contributed by atoms with Crippen molar-refractivity contribution in [2.75, 3.05) is 32.7 Å². The number of hydrogen-bond donors (Lipinski definition) is 0. The van der Waals surface area contributed by atoms with Crippen molar-refractivity contribution in [3.05, 3.63) is 119 Å². The molecule has 1 saturated heterocycles. The topological polar surface area (TPSA) is 61.9 Å². The molecule has 0 spiro atoms. The number of nitrogens with zero attached hydrogens (tertiary/aromatic N) is 4. The van der Waals surface area contributed by atoms with Crippen molar-refractivity contribution in [1.29, 1.82) is 0 Å². The number of hydrogen-bond acceptors (Lipinski definition) is 4. The molecular weight excluding hydrogens is 536 g/mol. The molecule has 0 atom stereocenters. The van der Waals surface area contributed by atoms with Gasteiger partial charge in [0.25, 0.3) is 5.91 Å². The molecular formula is C36H44N4O3. The lowest BCUT2D eigenvalue weighted by Crippen LogP contribution is -2.49. The van der Waals surface area contributed by atoms with E-state index in [9.17, 15) is 9.59 Å². The van der Waals surface area contributed by atoms with Gasteiger partial charge in [-0.25, -0.2) is 0 Å². The van der Waals surface area contributed by atoms with Crippen LogP contribution < -0.4 is 0 Å². The molecule has 1 fully saturated rings. The number of rotatable bonds is 12. The van der Waals surface area contributed by atoms with E-state index in [1.807, 2.05) is 40.3 Å². The van der Waals surface area contributed by atoms with Crippen LogP contribution in [0.25, 0.3) is 0 Å². The molecule has 5 rings (SSSR count). The Balaban J connectivity index is 1.21. The Labute approximate surface area is 255 Å². The van der Waals surface area contributed by atoms with Gasteiger partial charge in [0, 0.05) is 51.0 Å². The maximum absolute atomic E-state index is 13.4. The number of benzene rings is 2. The molecule has 1 aliphatic heterocycles. The van der Waals surface area contributed by atoms with Crippen LogP contribution in [0, 0.1) is 5.92 Å². The van der Waals surface area contributed by atoms with Crippen molar-refractivity contribution >= 4 is 11.8 Å². The van der Waals surface area contributed by atoms with Gasteiger partial charge in [0.05, 0.1) is 19.1 Å². The van der Waals surface area contributed by atoms with Gasteiger partial charge >= 0.3 is 0 Å². The minimum Gasteiger partial charge on any atom is -0.454 e. The Morgan fingerprint density at radius 2 is 1.49 bits per heavy atom. The number of carbonyl (C=O) groups excluding carboxylic acids is 2. The molecule has 0 radical (unpaired) electrons. The second-order valence-electron chi connectivity index (χ2n) is 11.9. The molecule has 2 aromatic carbocycles. The molecule has 226 valence electrons. The summed E-state index contributed by atoms with van der Waals surface area (Å²) in [6, 6.07) is 29.1. The predicted octanol–water partition coefficient (Wildman–Crippen LogP) is 6.46. The Kier molecular flexibility index (Phi) is 10.2. The highest BCUT2D eigenvalue weighted by molar-refractivity contribution is 5.91. The second kappa shape index (κ2) is 14.4. The molecule has 0 bridgehead atoms. The summed E-state index contributed by atoms with van der Waals surface area (Å²) in [6.45, 7) is 10.9. The van der Waals surface area contributed by atoms with Gasteiger partial charge in [-0.05, 0) is 47.7 Å². The first-order chi connectivity index (χ1) is 20.9. The van der Waals surface area contributed by atoms with E-state index in [-0.39, 0.29) is 17.9 Å². The molecule has 7 nitrogen and oxygen atoms in total. The summed E-state index contributed by atoms with van der Waals surface area (Å²) in [6.07, 6.45) is 3.48. The van der Waals surface area contributed by atoms with Crippen molar-refractivity contribution in [2.45, 2.75) is 52.7 Å². The van der Waals surface area contributed by atoms with Gasteiger partial charge in [-0.1, -0.05) is 81.4 Å². The fourth-order valence-corrected chi connectivity index (χ4v) is 5.95. The molecule has 0 N–H and O–H groups in total. The lowest BCUT2D eigenvalue weighted by Gasteiger charge is -2.39. The van der Waals surface area contributed by atoms with Gasteiger partial charge in [0.1, 0.15) is 5.76 Å². The average Bonchev–Trinajstić information content (AvgIpc) is 3.67. The van der Waals surface area contributed by atoms with E-state index in [1.54, 1.807) is 6.07 Å². The molecule has 7 heteroatoms. The summed E-state index contributed by atoms with van der Waals surface area (Å²) in [4.78, 5) is 32.6. The minimum atomic E-state index is -0.0667. The highest BCUT2D eigenvalue weighted by atomic mass is 16.4. The molecule has 2 aromatic heterocycles.